The van der Waals surface area contributed by atoms with Crippen molar-refractivity contribution in [3.05, 3.63) is 0 Å². The minimum absolute atomic E-state index is 0.195. The highest BCUT2D eigenvalue weighted by Gasteiger charge is 2.31. The Bertz CT molecular complexity index is 252. The van der Waals surface area contributed by atoms with Crippen LogP contribution in [0.15, 0.2) is 0 Å². The summed E-state index contributed by atoms with van der Waals surface area (Å²) in [6.07, 6.45) is 5.00. The third-order valence-corrected chi connectivity index (χ3v) is 4.09. The molecule has 1 aliphatic heterocycles. The first-order valence-corrected chi connectivity index (χ1v) is 6.55. The maximum Gasteiger partial charge on any atom is 0.248 e. The molecule has 3 heteroatoms. The topological polar surface area (TPSA) is 29.5 Å². The molecule has 0 radical (unpaired) electrons. The molecule has 1 amide bonds. The van der Waals surface area contributed by atoms with Gasteiger partial charge in [-0.3, -0.25) is 4.79 Å². The van der Waals surface area contributed by atoms with Crippen molar-refractivity contribution in [2.75, 3.05) is 19.8 Å². The number of carbonyl (C=O) groups excluding carboxylic acids is 1. The molecule has 1 saturated heterocycles. The second kappa shape index (κ2) is 5.17. The zero-order valence-corrected chi connectivity index (χ0v) is 10.4. The van der Waals surface area contributed by atoms with E-state index in [1.807, 2.05) is 0 Å². The Labute approximate surface area is 98.1 Å². The second-order valence-electron chi connectivity index (χ2n) is 5.46. The fourth-order valence-electron chi connectivity index (χ4n) is 3.01. The van der Waals surface area contributed by atoms with Crippen LogP contribution in [0.4, 0.5) is 0 Å². The molecule has 92 valence electrons. The van der Waals surface area contributed by atoms with Gasteiger partial charge in [0.1, 0.15) is 6.61 Å². The van der Waals surface area contributed by atoms with Crippen LogP contribution in [0.25, 0.3) is 0 Å². The van der Waals surface area contributed by atoms with Crippen LogP contribution in [-0.4, -0.2) is 36.6 Å². The summed E-state index contributed by atoms with van der Waals surface area (Å²) in [6, 6.07) is 0.484. The summed E-state index contributed by atoms with van der Waals surface area (Å²) >= 11 is 0. The Kier molecular flexibility index (Phi) is 3.85. The van der Waals surface area contributed by atoms with Gasteiger partial charge in [0.15, 0.2) is 0 Å². The van der Waals surface area contributed by atoms with Crippen LogP contribution in [0, 0.1) is 11.8 Å². The quantitative estimate of drug-likeness (QED) is 0.720. The van der Waals surface area contributed by atoms with Crippen molar-refractivity contribution in [3.8, 4) is 0 Å². The lowest BCUT2D eigenvalue weighted by atomic mass is 9.78. The Balaban J connectivity index is 1.95. The number of amides is 1. The van der Waals surface area contributed by atoms with E-state index in [1.54, 1.807) is 0 Å². The number of rotatable bonds is 2. The minimum Gasteiger partial charge on any atom is -0.370 e. The number of hydrogen-bond acceptors (Lipinski definition) is 2. The molecule has 2 rings (SSSR count). The molecule has 0 bridgehead atoms. The van der Waals surface area contributed by atoms with Gasteiger partial charge in [0.25, 0.3) is 0 Å². The van der Waals surface area contributed by atoms with Crippen LogP contribution in [0.2, 0.25) is 0 Å². The van der Waals surface area contributed by atoms with Gasteiger partial charge >= 0.3 is 0 Å². The zero-order valence-electron chi connectivity index (χ0n) is 10.4. The Morgan fingerprint density at radius 3 is 2.88 bits per heavy atom. The van der Waals surface area contributed by atoms with Crippen LogP contribution >= 0.6 is 0 Å². The molecule has 1 aliphatic carbocycles. The lowest BCUT2D eigenvalue weighted by Gasteiger charge is -2.40. The van der Waals surface area contributed by atoms with Crippen LogP contribution in [0.1, 0.15) is 39.5 Å². The highest BCUT2D eigenvalue weighted by Crippen LogP contribution is 2.32. The summed E-state index contributed by atoms with van der Waals surface area (Å²) in [5.41, 5.74) is 0. The van der Waals surface area contributed by atoms with E-state index in [0.29, 0.717) is 19.3 Å². The molecule has 0 N–H and O–H groups in total. The number of morpholine rings is 1. The summed E-state index contributed by atoms with van der Waals surface area (Å²) in [4.78, 5) is 13.8. The summed E-state index contributed by atoms with van der Waals surface area (Å²) in [7, 11) is 0. The van der Waals surface area contributed by atoms with Gasteiger partial charge in [-0.25, -0.2) is 0 Å². The number of ether oxygens (including phenoxy) is 1. The summed E-state index contributed by atoms with van der Waals surface area (Å²) in [5.74, 6) is 1.74. The first kappa shape index (κ1) is 11.9. The molecule has 16 heavy (non-hydrogen) atoms. The van der Waals surface area contributed by atoms with Crippen LogP contribution in [0.5, 0.6) is 0 Å². The first-order valence-electron chi connectivity index (χ1n) is 6.55. The van der Waals surface area contributed by atoms with Gasteiger partial charge in [0.05, 0.1) is 6.61 Å². The largest absolute Gasteiger partial charge is 0.370 e. The monoisotopic (exact) mass is 225 g/mol. The third kappa shape index (κ3) is 2.57. The first-order chi connectivity index (χ1) is 7.68. The van der Waals surface area contributed by atoms with Gasteiger partial charge in [-0.1, -0.05) is 26.7 Å². The molecule has 0 spiro atoms. The van der Waals surface area contributed by atoms with Crippen molar-refractivity contribution in [2.45, 2.75) is 45.6 Å². The van der Waals surface area contributed by atoms with E-state index in [4.69, 9.17) is 4.74 Å². The van der Waals surface area contributed by atoms with E-state index >= 15 is 0 Å². The molecule has 1 saturated carbocycles. The van der Waals surface area contributed by atoms with Gasteiger partial charge < -0.3 is 9.64 Å². The Morgan fingerprint density at radius 2 is 2.19 bits per heavy atom. The average molecular weight is 225 g/mol. The van der Waals surface area contributed by atoms with Crippen LogP contribution < -0.4 is 0 Å². The molecule has 2 fully saturated rings. The molecular formula is C13H23NO2. The highest BCUT2D eigenvalue weighted by atomic mass is 16.5. The van der Waals surface area contributed by atoms with E-state index in [1.165, 1.54) is 25.7 Å². The van der Waals surface area contributed by atoms with Crippen molar-refractivity contribution in [3.63, 3.8) is 0 Å². The third-order valence-electron chi connectivity index (χ3n) is 4.09. The Morgan fingerprint density at radius 1 is 1.38 bits per heavy atom. The SMILES string of the molecule is CC(C)[C@H]1CCC[C@H](N2CCOCC2=O)C1. The van der Waals surface area contributed by atoms with Crippen molar-refractivity contribution in [2.24, 2.45) is 11.8 Å². The smallest absolute Gasteiger partial charge is 0.248 e. The van der Waals surface area contributed by atoms with E-state index in [0.717, 1.165) is 18.4 Å². The zero-order chi connectivity index (χ0) is 11.5. The summed E-state index contributed by atoms with van der Waals surface area (Å²) < 4.78 is 5.19. The molecule has 3 nitrogen and oxygen atoms in total. The van der Waals surface area contributed by atoms with Crippen LogP contribution in [-0.2, 0) is 9.53 Å². The van der Waals surface area contributed by atoms with Gasteiger partial charge in [-0.15, -0.1) is 0 Å². The van der Waals surface area contributed by atoms with Crippen molar-refractivity contribution in [1.82, 2.24) is 4.90 Å². The average Bonchev–Trinajstić information content (AvgIpc) is 2.30. The predicted octanol–water partition coefficient (Wildman–Crippen LogP) is 2.06. The molecular weight excluding hydrogens is 202 g/mol. The Hall–Kier alpha value is -0.570. The maximum absolute atomic E-state index is 11.8. The molecule has 2 atom stereocenters. The fourth-order valence-corrected chi connectivity index (χ4v) is 3.01. The van der Waals surface area contributed by atoms with E-state index in [-0.39, 0.29) is 5.91 Å². The molecule has 1 heterocycles. The van der Waals surface area contributed by atoms with Crippen LogP contribution in [0.3, 0.4) is 0 Å². The van der Waals surface area contributed by atoms with Gasteiger partial charge in [0.2, 0.25) is 5.91 Å². The fraction of sp³-hybridized carbons (Fsp3) is 0.923. The number of carbonyl (C=O) groups is 1. The molecule has 2 aliphatic rings. The van der Waals surface area contributed by atoms with E-state index < -0.39 is 0 Å². The number of hydrogen-bond donors (Lipinski definition) is 0. The second-order valence-corrected chi connectivity index (χ2v) is 5.46. The van der Waals surface area contributed by atoms with Crippen molar-refractivity contribution in [1.29, 1.82) is 0 Å². The van der Waals surface area contributed by atoms with Crippen molar-refractivity contribution < 1.29 is 9.53 Å². The van der Waals surface area contributed by atoms with Gasteiger partial charge in [-0.05, 0) is 24.7 Å². The molecule has 0 unspecified atom stereocenters. The molecule has 0 aromatic heterocycles. The lowest BCUT2D eigenvalue weighted by Crippen LogP contribution is -2.49. The molecule has 0 aromatic carbocycles. The van der Waals surface area contributed by atoms with Gasteiger partial charge in [0, 0.05) is 12.6 Å². The summed E-state index contributed by atoms with van der Waals surface area (Å²) in [6.45, 7) is 6.41. The van der Waals surface area contributed by atoms with Crippen molar-refractivity contribution >= 4 is 5.91 Å². The van der Waals surface area contributed by atoms with E-state index in [2.05, 4.69) is 18.7 Å². The minimum atomic E-state index is 0.195. The predicted molar refractivity (Wildman–Crippen MR) is 63.1 cm³/mol. The normalized spacial score (nSPS) is 32.2. The van der Waals surface area contributed by atoms with Gasteiger partial charge in [-0.2, -0.15) is 0 Å². The molecule has 0 aromatic rings. The maximum atomic E-state index is 11.8. The highest BCUT2D eigenvalue weighted by molar-refractivity contribution is 5.78. The standard InChI is InChI=1S/C13H23NO2/c1-10(2)11-4-3-5-12(8-11)14-6-7-16-9-13(14)15/h10-12H,3-9H2,1-2H3/t11-,12-/m0/s1. The number of nitrogens with zero attached hydrogens (tertiary/aromatic N) is 1. The van der Waals surface area contributed by atoms with E-state index in [9.17, 15) is 4.79 Å². The summed E-state index contributed by atoms with van der Waals surface area (Å²) in [5, 5.41) is 0. The lowest BCUT2D eigenvalue weighted by molar-refractivity contribution is -0.147.